The molecule has 0 fully saturated rings. The van der Waals surface area contributed by atoms with Gasteiger partial charge in [0.15, 0.2) is 0 Å². The summed E-state index contributed by atoms with van der Waals surface area (Å²) in [6.45, 7) is 0. The average molecular weight is 283 g/mol. The highest BCUT2D eigenvalue weighted by Gasteiger charge is 2.15. The summed E-state index contributed by atoms with van der Waals surface area (Å²) < 4.78 is 0. The van der Waals surface area contributed by atoms with Crippen molar-refractivity contribution in [3.63, 3.8) is 0 Å². The van der Waals surface area contributed by atoms with E-state index < -0.39 is 5.97 Å². The Labute approximate surface area is 113 Å². The average Bonchev–Trinajstić information content (AvgIpc) is 2.33. The van der Waals surface area contributed by atoms with E-state index in [1.807, 2.05) is 0 Å². The molecule has 0 aliphatic carbocycles. The molecular weight excluding hydrogens is 275 g/mol. The monoisotopic (exact) mass is 282 g/mol. The second kappa shape index (κ2) is 4.88. The Bertz CT molecular complexity index is 606. The van der Waals surface area contributed by atoms with Crippen LogP contribution in [0.2, 0.25) is 10.0 Å². The van der Waals surface area contributed by atoms with E-state index in [-0.39, 0.29) is 21.4 Å². The number of carboxylic acid groups (broad SMARTS) is 1. The topological polar surface area (TPSA) is 57.5 Å². The molecule has 0 spiro atoms. The molecule has 0 saturated carbocycles. The third-order valence-corrected chi connectivity index (χ3v) is 3.37. The lowest BCUT2D eigenvalue weighted by Crippen LogP contribution is -1.98. The molecule has 0 bridgehead atoms. The number of aromatic carboxylic acids is 1. The summed E-state index contributed by atoms with van der Waals surface area (Å²) >= 11 is 12.0. The number of hydrogen-bond acceptors (Lipinski definition) is 2. The molecule has 3 nitrogen and oxygen atoms in total. The van der Waals surface area contributed by atoms with Crippen molar-refractivity contribution in [3.05, 3.63) is 52.0 Å². The summed E-state index contributed by atoms with van der Waals surface area (Å²) in [5.74, 6) is -0.984. The summed E-state index contributed by atoms with van der Waals surface area (Å²) in [7, 11) is 0. The fourth-order valence-corrected chi connectivity index (χ4v) is 2.10. The zero-order valence-electron chi connectivity index (χ0n) is 9.02. The zero-order valence-corrected chi connectivity index (χ0v) is 10.5. The molecule has 18 heavy (non-hydrogen) atoms. The number of carboxylic acids is 1. The number of rotatable bonds is 2. The highest BCUT2D eigenvalue weighted by Crippen LogP contribution is 2.36. The van der Waals surface area contributed by atoms with Gasteiger partial charge in [-0.1, -0.05) is 41.4 Å². The first-order valence-corrected chi connectivity index (χ1v) is 5.77. The summed E-state index contributed by atoms with van der Waals surface area (Å²) in [4.78, 5) is 10.9. The summed E-state index contributed by atoms with van der Waals surface area (Å²) in [6.07, 6.45) is 0. The quantitative estimate of drug-likeness (QED) is 0.873. The van der Waals surface area contributed by atoms with Crippen molar-refractivity contribution in [2.75, 3.05) is 0 Å². The lowest BCUT2D eigenvalue weighted by molar-refractivity contribution is 0.0697. The van der Waals surface area contributed by atoms with E-state index in [1.165, 1.54) is 18.2 Å². The zero-order chi connectivity index (χ0) is 13.3. The molecule has 0 aliphatic heterocycles. The third-order valence-electron chi connectivity index (χ3n) is 2.49. The maximum absolute atomic E-state index is 10.9. The summed E-state index contributed by atoms with van der Waals surface area (Å²) in [5.41, 5.74) is 1.33. The van der Waals surface area contributed by atoms with Gasteiger partial charge in [-0.2, -0.15) is 0 Å². The molecule has 0 atom stereocenters. The fourth-order valence-electron chi connectivity index (χ4n) is 1.58. The van der Waals surface area contributed by atoms with E-state index in [1.54, 1.807) is 18.2 Å². The number of carbonyl (C=O) groups is 1. The standard InChI is InChI=1S/C13H8Cl2O3/c14-11-9(7-1-3-8(16)4-2-7)5-6-10(12(11)15)13(17)18/h1-6,16H,(H,17,18). The van der Waals surface area contributed by atoms with Crippen LogP contribution in [0.1, 0.15) is 10.4 Å². The first kappa shape index (κ1) is 12.7. The van der Waals surface area contributed by atoms with Crippen molar-refractivity contribution in [2.24, 2.45) is 0 Å². The van der Waals surface area contributed by atoms with Gasteiger partial charge in [0.2, 0.25) is 0 Å². The summed E-state index contributed by atoms with van der Waals surface area (Å²) in [5, 5.41) is 18.3. The van der Waals surface area contributed by atoms with E-state index in [4.69, 9.17) is 28.3 Å². The molecule has 0 heterocycles. The molecule has 0 unspecified atom stereocenters. The minimum atomic E-state index is -1.13. The Morgan fingerprint density at radius 3 is 2.11 bits per heavy atom. The van der Waals surface area contributed by atoms with E-state index in [2.05, 4.69) is 0 Å². The highest BCUT2D eigenvalue weighted by molar-refractivity contribution is 6.45. The normalized spacial score (nSPS) is 10.3. The lowest BCUT2D eigenvalue weighted by atomic mass is 10.0. The molecular formula is C13H8Cl2O3. The lowest BCUT2D eigenvalue weighted by Gasteiger charge is -2.08. The van der Waals surface area contributed by atoms with Gasteiger partial charge in [0.25, 0.3) is 0 Å². The molecule has 0 radical (unpaired) electrons. The Morgan fingerprint density at radius 2 is 1.56 bits per heavy atom. The first-order chi connectivity index (χ1) is 8.50. The number of hydrogen-bond donors (Lipinski definition) is 2. The molecule has 2 rings (SSSR count). The van der Waals surface area contributed by atoms with Crippen molar-refractivity contribution in [1.82, 2.24) is 0 Å². The van der Waals surface area contributed by atoms with Crippen molar-refractivity contribution < 1.29 is 15.0 Å². The van der Waals surface area contributed by atoms with Gasteiger partial charge in [0.05, 0.1) is 15.6 Å². The Morgan fingerprint density at radius 1 is 0.944 bits per heavy atom. The fraction of sp³-hybridized carbons (Fsp3) is 0. The van der Waals surface area contributed by atoms with Crippen LogP contribution < -0.4 is 0 Å². The van der Waals surface area contributed by atoms with Crippen LogP contribution in [-0.4, -0.2) is 16.2 Å². The molecule has 5 heteroatoms. The molecule has 0 aliphatic rings. The van der Waals surface area contributed by atoms with Crippen molar-refractivity contribution >= 4 is 29.2 Å². The Balaban J connectivity index is 2.57. The van der Waals surface area contributed by atoms with Crippen molar-refractivity contribution in [1.29, 1.82) is 0 Å². The van der Waals surface area contributed by atoms with E-state index in [0.717, 1.165) is 5.56 Å². The van der Waals surface area contributed by atoms with Gasteiger partial charge < -0.3 is 10.2 Å². The van der Waals surface area contributed by atoms with Gasteiger partial charge in [0, 0.05) is 5.56 Å². The molecule has 0 saturated heterocycles. The van der Waals surface area contributed by atoms with Gasteiger partial charge in [-0.3, -0.25) is 0 Å². The van der Waals surface area contributed by atoms with Crippen LogP contribution in [0, 0.1) is 0 Å². The maximum Gasteiger partial charge on any atom is 0.337 e. The Kier molecular flexibility index (Phi) is 3.45. The molecule has 2 aromatic rings. The molecule has 92 valence electrons. The molecule has 0 amide bonds. The number of aromatic hydroxyl groups is 1. The van der Waals surface area contributed by atoms with Crippen LogP contribution in [0.5, 0.6) is 5.75 Å². The van der Waals surface area contributed by atoms with Crippen LogP contribution in [-0.2, 0) is 0 Å². The van der Waals surface area contributed by atoms with Gasteiger partial charge in [0.1, 0.15) is 5.75 Å². The summed E-state index contributed by atoms with van der Waals surface area (Å²) in [6, 6.07) is 9.37. The number of halogens is 2. The molecule has 2 N–H and O–H groups in total. The van der Waals surface area contributed by atoms with Gasteiger partial charge in [-0.15, -0.1) is 0 Å². The minimum Gasteiger partial charge on any atom is -0.508 e. The highest BCUT2D eigenvalue weighted by atomic mass is 35.5. The molecule has 0 aromatic heterocycles. The maximum atomic E-state index is 10.9. The van der Waals surface area contributed by atoms with Crippen molar-refractivity contribution in [3.8, 4) is 16.9 Å². The number of phenolic OH excluding ortho intramolecular Hbond substituents is 1. The Hall–Kier alpha value is -1.71. The van der Waals surface area contributed by atoms with Crippen LogP contribution in [0.4, 0.5) is 0 Å². The predicted octanol–water partition coefficient (Wildman–Crippen LogP) is 4.06. The second-order valence-electron chi connectivity index (χ2n) is 3.64. The largest absolute Gasteiger partial charge is 0.508 e. The van der Waals surface area contributed by atoms with Crippen LogP contribution >= 0.6 is 23.2 Å². The van der Waals surface area contributed by atoms with Crippen LogP contribution in [0.3, 0.4) is 0 Å². The number of benzene rings is 2. The van der Waals surface area contributed by atoms with Crippen molar-refractivity contribution in [2.45, 2.75) is 0 Å². The van der Waals surface area contributed by atoms with Crippen LogP contribution in [0.25, 0.3) is 11.1 Å². The van der Waals surface area contributed by atoms with E-state index in [0.29, 0.717) is 5.56 Å². The van der Waals surface area contributed by atoms with Gasteiger partial charge >= 0.3 is 5.97 Å². The third kappa shape index (κ3) is 2.28. The van der Waals surface area contributed by atoms with Gasteiger partial charge in [-0.25, -0.2) is 4.79 Å². The minimum absolute atomic E-state index is 0.00902. The predicted molar refractivity (Wildman–Crippen MR) is 70.5 cm³/mol. The SMILES string of the molecule is O=C(O)c1ccc(-c2ccc(O)cc2)c(Cl)c1Cl. The van der Waals surface area contributed by atoms with E-state index in [9.17, 15) is 9.90 Å². The second-order valence-corrected chi connectivity index (χ2v) is 4.40. The van der Waals surface area contributed by atoms with E-state index >= 15 is 0 Å². The smallest absolute Gasteiger partial charge is 0.337 e. The van der Waals surface area contributed by atoms with Gasteiger partial charge in [-0.05, 0) is 23.8 Å². The van der Waals surface area contributed by atoms with Crippen LogP contribution in [0.15, 0.2) is 36.4 Å². The first-order valence-electron chi connectivity index (χ1n) is 5.01. The molecule has 2 aromatic carbocycles. The number of phenols is 1.